The molecule has 0 aliphatic heterocycles. The van der Waals surface area contributed by atoms with E-state index in [1.807, 2.05) is 0 Å². The molecule has 2 N–H and O–H groups in total. The highest BCUT2D eigenvalue weighted by molar-refractivity contribution is 5.85. The van der Waals surface area contributed by atoms with Crippen LogP contribution in [0.4, 0.5) is 0 Å². The standard InChI is InChI=1S/C24H35NO3/c1-2-3-4-5-6-7-8-9-10-11-12-13-14-21-20(16-18-24(27)28)15-17-23(26)22(21)19-25/h15-18,26H,2-14H2,1H3,(H,27,28)/b18-16+. The molecule has 0 bridgehead atoms. The zero-order chi connectivity index (χ0) is 20.6. The molecule has 0 aliphatic rings. The maximum absolute atomic E-state index is 10.8. The molecule has 0 fully saturated rings. The third-order valence-corrected chi connectivity index (χ3v) is 5.12. The summed E-state index contributed by atoms with van der Waals surface area (Å²) in [6.45, 7) is 2.25. The Kier molecular flexibility index (Phi) is 12.5. The molecular weight excluding hydrogens is 350 g/mol. The van der Waals surface area contributed by atoms with Crippen LogP contribution in [-0.4, -0.2) is 16.2 Å². The molecule has 4 heteroatoms. The molecule has 1 aromatic rings. The zero-order valence-corrected chi connectivity index (χ0v) is 17.3. The maximum Gasteiger partial charge on any atom is 0.328 e. The van der Waals surface area contributed by atoms with Gasteiger partial charge in [-0.3, -0.25) is 0 Å². The van der Waals surface area contributed by atoms with Crippen molar-refractivity contribution in [3.63, 3.8) is 0 Å². The minimum absolute atomic E-state index is 0.0380. The molecule has 0 saturated heterocycles. The van der Waals surface area contributed by atoms with Crippen LogP contribution in [0.25, 0.3) is 6.08 Å². The van der Waals surface area contributed by atoms with Gasteiger partial charge in [-0.2, -0.15) is 5.26 Å². The average molecular weight is 386 g/mol. The number of carbonyl (C=O) groups is 1. The van der Waals surface area contributed by atoms with Gasteiger partial charge in [-0.25, -0.2) is 4.79 Å². The van der Waals surface area contributed by atoms with Crippen LogP contribution >= 0.6 is 0 Å². The number of carboxylic acids is 1. The monoisotopic (exact) mass is 385 g/mol. The highest BCUT2D eigenvalue weighted by Crippen LogP contribution is 2.27. The Hall–Kier alpha value is -2.28. The summed E-state index contributed by atoms with van der Waals surface area (Å²) in [5, 5.41) is 28.1. The number of aromatic hydroxyl groups is 1. The fourth-order valence-corrected chi connectivity index (χ4v) is 3.51. The first kappa shape index (κ1) is 23.8. The Morgan fingerprint density at radius 2 is 1.50 bits per heavy atom. The third-order valence-electron chi connectivity index (χ3n) is 5.12. The lowest BCUT2D eigenvalue weighted by Crippen LogP contribution is -1.97. The number of nitriles is 1. The van der Waals surface area contributed by atoms with Gasteiger partial charge in [0.05, 0.1) is 5.56 Å². The highest BCUT2D eigenvalue weighted by atomic mass is 16.4. The molecule has 154 valence electrons. The summed E-state index contributed by atoms with van der Waals surface area (Å²) in [6.07, 6.45) is 18.4. The number of phenolic OH excluding ortho intramolecular Hbond substituents is 1. The van der Waals surface area contributed by atoms with Crippen LogP contribution in [0.15, 0.2) is 18.2 Å². The average Bonchev–Trinajstić information content (AvgIpc) is 2.68. The molecule has 0 aliphatic carbocycles. The van der Waals surface area contributed by atoms with Crippen LogP contribution in [0.2, 0.25) is 0 Å². The molecule has 0 spiro atoms. The summed E-state index contributed by atoms with van der Waals surface area (Å²) in [6, 6.07) is 5.18. The second-order valence-corrected chi connectivity index (χ2v) is 7.45. The van der Waals surface area contributed by atoms with E-state index in [1.165, 1.54) is 76.4 Å². The first-order chi connectivity index (χ1) is 13.6. The second-order valence-electron chi connectivity index (χ2n) is 7.45. The van der Waals surface area contributed by atoms with Gasteiger partial charge in [0.25, 0.3) is 0 Å². The number of unbranched alkanes of at least 4 members (excludes halogenated alkanes) is 11. The zero-order valence-electron chi connectivity index (χ0n) is 17.3. The minimum Gasteiger partial charge on any atom is -0.507 e. The SMILES string of the molecule is CCCCCCCCCCCCCCc1c(/C=C/C(=O)O)ccc(O)c1C#N. The van der Waals surface area contributed by atoms with Crippen LogP contribution in [0.5, 0.6) is 5.75 Å². The van der Waals surface area contributed by atoms with Crippen LogP contribution in [0, 0.1) is 11.3 Å². The summed E-state index contributed by atoms with van der Waals surface area (Å²) in [5.41, 5.74) is 1.70. The maximum atomic E-state index is 10.8. The number of aliphatic carboxylic acids is 1. The van der Waals surface area contributed by atoms with Gasteiger partial charge >= 0.3 is 5.97 Å². The lowest BCUT2D eigenvalue weighted by molar-refractivity contribution is -0.131. The smallest absolute Gasteiger partial charge is 0.328 e. The topological polar surface area (TPSA) is 81.3 Å². The van der Waals surface area contributed by atoms with E-state index in [0.29, 0.717) is 12.0 Å². The molecule has 0 amide bonds. The predicted octanol–water partition coefficient (Wildman–Crippen LogP) is 6.61. The normalized spacial score (nSPS) is 11.0. The molecule has 0 saturated carbocycles. The van der Waals surface area contributed by atoms with E-state index in [1.54, 1.807) is 6.07 Å². The number of rotatable bonds is 15. The molecule has 1 rings (SSSR count). The van der Waals surface area contributed by atoms with Gasteiger partial charge in [-0.05, 0) is 36.1 Å². The molecule has 0 atom stereocenters. The van der Waals surface area contributed by atoms with E-state index in [0.717, 1.165) is 24.5 Å². The van der Waals surface area contributed by atoms with Gasteiger partial charge in [0.15, 0.2) is 0 Å². The van der Waals surface area contributed by atoms with Gasteiger partial charge < -0.3 is 10.2 Å². The summed E-state index contributed by atoms with van der Waals surface area (Å²) in [4.78, 5) is 10.8. The lowest BCUT2D eigenvalue weighted by atomic mass is 9.94. The van der Waals surface area contributed by atoms with Crippen molar-refractivity contribution < 1.29 is 15.0 Å². The predicted molar refractivity (Wildman–Crippen MR) is 114 cm³/mol. The van der Waals surface area contributed by atoms with Gasteiger partial charge in [-0.1, -0.05) is 83.6 Å². The molecule has 28 heavy (non-hydrogen) atoms. The van der Waals surface area contributed by atoms with Crippen molar-refractivity contribution >= 4 is 12.0 Å². The van der Waals surface area contributed by atoms with Crippen LogP contribution in [0.3, 0.4) is 0 Å². The van der Waals surface area contributed by atoms with E-state index in [-0.39, 0.29) is 11.3 Å². The Morgan fingerprint density at radius 1 is 0.964 bits per heavy atom. The van der Waals surface area contributed by atoms with Gasteiger partial charge in [0.1, 0.15) is 11.8 Å². The van der Waals surface area contributed by atoms with Gasteiger partial charge in [-0.15, -0.1) is 0 Å². The largest absolute Gasteiger partial charge is 0.507 e. The van der Waals surface area contributed by atoms with Crippen LogP contribution < -0.4 is 0 Å². The molecule has 1 aromatic carbocycles. The summed E-state index contributed by atoms with van der Waals surface area (Å²) >= 11 is 0. The quantitative estimate of drug-likeness (QED) is 0.263. The van der Waals surface area contributed by atoms with E-state index >= 15 is 0 Å². The van der Waals surface area contributed by atoms with E-state index in [2.05, 4.69) is 13.0 Å². The van der Waals surface area contributed by atoms with Crippen molar-refractivity contribution in [3.05, 3.63) is 34.9 Å². The number of nitrogens with zero attached hydrogens (tertiary/aromatic N) is 1. The molecule has 0 aromatic heterocycles. The molecule has 4 nitrogen and oxygen atoms in total. The van der Waals surface area contributed by atoms with Crippen molar-refractivity contribution in [1.29, 1.82) is 5.26 Å². The van der Waals surface area contributed by atoms with Gasteiger partial charge in [0.2, 0.25) is 0 Å². The number of hydrogen-bond donors (Lipinski definition) is 2. The number of hydrogen-bond acceptors (Lipinski definition) is 3. The first-order valence-electron chi connectivity index (χ1n) is 10.8. The van der Waals surface area contributed by atoms with Crippen molar-refractivity contribution in [1.82, 2.24) is 0 Å². The molecule has 0 unspecified atom stereocenters. The van der Waals surface area contributed by atoms with Crippen molar-refractivity contribution in [2.75, 3.05) is 0 Å². The van der Waals surface area contributed by atoms with Crippen molar-refractivity contribution in [3.8, 4) is 11.8 Å². The summed E-state index contributed by atoms with van der Waals surface area (Å²) in [7, 11) is 0. The third kappa shape index (κ3) is 9.60. The van der Waals surface area contributed by atoms with E-state index in [9.17, 15) is 15.2 Å². The second kappa shape index (κ2) is 14.7. The number of benzene rings is 1. The van der Waals surface area contributed by atoms with E-state index in [4.69, 9.17) is 5.11 Å². The Morgan fingerprint density at radius 3 is 2.00 bits per heavy atom. The molecule has 0 heterocycles. The highest BCUT2D eigenvalue weighted by Gasteiger charge is 2.11. The summed E-state index contributed by atoms with van der Waals surface area (Å²) < 4.78 is 0. The van der Waals surface area contributed by atoms with Gasteiger partial charge in [0, 0.05) is 6.08 Å². The fourth-order valence-electron chi connectivity index (χ4n) is 3.51. The van der Waals surface area contributed by atoms with Crippen LogP contribution in [0.1, 0.15) is 101 Å². The fraction of sp³-hybridized carbons (Fsp3) is 0.583. The Balaban J connectivity index is 2.34. The molecule has 0 radical (unpaired) electrons. The van der Waals surface area contributed by atoms with Crippen molar-refractivity contribution in [2.24, 2.45) is 0 Å². The number of phenols is 1. The Labute approximate surface area is 169 Å². The first-order valence-corrected chi connectivity index (χ1v) is 10.8. The van der Waals surface area contributed by atoms with Crippen molar-refractivity contribution in [2.45, 2.75) is 90.4 Å². The Bertz CT molecular complexity index is 659. The van der Waals surface area contributed by atoms with E-state index < -0.39 is 5.97 Å². The summed E-state index contributed by atoms with van der Waals surface area (Å²) in [5.74, 6) is -1.06. The molecular formula is C24H35NO3. The van der Waals surface area contributed by atoms with Crippen LogP contribution in [-0.2, 0) is 11.2 Å². The lowest BCUT2D eigenvalue weighted by Gasteiger charge is -2.10. The minimum atomic E-state index is -1.03. The number of carboxylic acid groups (broad SMARTS) is 1.